The first-order chi connectivity index (χ1) is 13.7. The van der Waals surface area contributed by atoms with E-state index in [0.717, 1.165) is 24.0 Å². The summed E-state index contributed by atoms with van der Waals surface area (Å²) in [4.78, 5) is 19.5. The third kappa shape index (κ3) is 2.89. The van der Waals surface area contributed by atoms with E-state index in [-0.39, 0.29) is 18.7 Å². The number of likely N-dealkylation sites (tertiary alicyclic amines) is 1. The smallest absolute Gasteiger partial charge is 0.254 e. The van der Waals surface area contributed by atoms with Crippen molar-refractivity contribution >= 4 is 5.91 Å². The summed E-state index contributed by atoms with van der Waals surface area (Å²) in [6.07, 6.45) is 1.69. The van der Waals surface area contributed by atoms with Crippen LogP contribution in [0.25, 0.3) is 11.4 Å². The van der Waals surface area contributed by atoms with Gasteiger partial charge in [0.15, 0.2) is 11.5 Å². The van der Waals surface area contributed by atoms with E-state index >= 15 is 0 Å². The first kappa shape index (κ1) is 16.8. The minimum atomic E-state index is -0.219. The second-order valence-electron chi connectivity index (χ2n) is 7.05. The SMILES string of the molecule is Cc1cccc(-c2noc([C@@H]3CCCN3C(=O)c3ccc4c(c3)OCO4)n2)c1. The molecule has 2 aromatic carbocycles. The molecule has 0 aliphatic carbocycles. The van der Waals surface area contributed by atoms with Crippen molar-refractivity contribution in [3.05, 3.63) is 59.5 Å². The quantitative estimate of drug-likeness (QED) is 0.692. The van der Waals surface area contributed by atoms with Crippen LogP contribution in [0.3, 0.4) is 0 Å². The van der Waals surface area contributed by atoms with Gasteiger partial charge in [0.05, 0.1) is 0 Å². The summed E-state index contributed by atoms with van der Waals surface area (Å²) in [5.74, 6) is 2.20. The van der Waals surface area contributed by atoms with Gasteiger partial charge in [-0.1, -0.05) is 28.9 Å². The van der Waals surface area contributed by atoms with Gasteiger partial charge in [0.25, 0.3) is 5.91 Å². The Hall–Kier alpha value is -3.35. The molecule has 1 amide bonds. The van der Waals surface area contributed by atoms with E-state index in [9.17, 15) is 4.79 Å². The molecule has 1 saturated heterocycles. The molecule has 0 N–H and O–H groups in total. The predicted molar refractivity (Wildman–Crippen MR) is 100 cm³/mol. The van der Waals surface area contributed by atoms with E-state index in [1.807, 2.05) is 31.2 Å². The summed E-state index contributed by atoms with van der Waals surface area (Å²) >= 11 is 0. The molecule has 2 aliphatic heterocycles. The molecular formula is C21H19N3O4. The Kier molecular flexibility index (Phi) is 4.00. The van der Waals surface area contributed by atoms with Crippen molar-refractivity contribution in [3.63, 3.8) is 0 Å². The molecule has 2 aliphatic rings. The molecule has 28 heavy (non-hydrogen) atoms. The number of aryl methyl sites for hydroxylation is 1. The Labute approximate surface area is 161 Å². The standard InChI is InChI=1S/C21H19N3O4/c1-13-4-2-5-14(10-13)19-22-20(28-23-19)16-6-3-9-24(16)21(25)15-7-8-17-18(11-15)27-12-26-17/h2,4-5,7-8,10-11,16H,3,6,9,12H2,1H3/t16-/m0/s1. The fraction of sp³-hybridized carbons (Fsp3) is 0.286. The third-order valence-electron chi connectivity index (χ3n) is 5.14. The molecule has 1 aromatic heterocycles. The fourth-order valence-electron chi connectivity index (χ4n) is 3.73. The Morgan fingerprint density at radius 1 is 1.14 bits per heavy atom. The first-order valence-electron chi connectivity index (χ1n) is 9.30. The molecule has 0 spiro atoms. The molecular weight excluding hydrogens is 358 g/mol. The van der Waals surface area contributed by atoms with Crippen LogP contribution in [0.2, 0.25) is 0 Å². The molecule has 0 radical (unpaired) electrons. The summed E-state index contributed by atoms with van der Waals surface area (Å²) in [6, 6.07) is 13.0. The van der Waals surface area contributed by atoms with Crippen molar-refractivity contribution in [1.29, 1.82) is 0 Å². The number of carbonyl (C=O) groups is 1. The third-order valence-corrected chi connectivity index (χ3v) is 5.14. The van der Waals surface area contributed by atoms with Gasteiger partial charge in [-0.05, 0) is 44.0 Å². The van der Waals surface area contributed by atoms with Crippen LogP contribution in [0, 0.1) is 6.92 Å². The molecule has 3 heterocycles. The van der Waals surface area contributed by atoms with Crippen LogP contribution in [0.5, 0.6) is 11.5 Å². The van der Waals surface area contributed by atoms with Crippen molar-refractivity contribution in [2.45, 2.75) is 25.8 Å². The fourth-order valence-corrected chi connectivity index (χ4v) is 3.73. The second-order valence-corrected chi connectivity index (χ2v) is 7.05. The number of rotatable bonds is 3. The number of nitrogens with zero attached hydrogens (tertiary/aromatic N) is 3. The Morgan fingerprint density at radius 3 is 2.93 bits per heavy atom. The molecule has 7 heteroatoms. The topological polar surface area (TPSA) is 77.7 Å². The molecule has 1 atom stereocenters. The molecule has 0 bridgehead atoms. The number of amides is 1. The van der Waals surface area contributed by atoms with Gasteiger partial charge in [0.1, 0.15) is 6.04 Å². The Morgan fingerprint density at radius 2 is 2.04 bits per heavy atom. The van der Waals surface area contributed by atoms with Crippen molar-refractivity contribution in [2.24, 2.45) is 0 Å². The highest BCUT2D eigenvalue weighted by atomic mass is 16.7. The van der Waals surface area contributed by atoms with Crippen molar-refractivity contribution < 1.29 is 18.8 Å². The van der Waals surface area contributed by atoms with E-state index in [4.69, 9.17) is 14.0 Å². The molecule has 7 nitrogen and oxygen atoms in total. The average Bonchev–Trinajstić information content (AvgIpc) is 3.46. The highest BCUT2D eigenvalue weighted by Crippen LogP contribution is 2.36. The monoisotopic (exact) mass is 377 g/mol. The predicted octanol–water partition coefficient (Wildman–Crippen LogP) is 3.75. The summed E-state index contributed by atoms with van der Waals surface area (Å²) < 4.78 is 16.2. The maximum atomic E-state index is 13.1. The van der Waals surface area contributed by atoms with Crippen molar-refractivity contribution in [2.75, 3.05) is 13.3 Å². The zero-order valence-electron chi connectivity index (χ0n) is 15.4. The van der Waals surface area contributed by atoms with Gasteiger partial charge in [-0.2, -0.15) is 4.98 Å². The van der Waals surface area contributed by atoms with E-state index in [1.54, 1.807) is 23.1 Å². The maximum Gasteiger partial charge on any atom is 0.254 e. The first-order valence-corrected chi connectivity index (χ1v) is 9.30. The summed E-state index contributed by atoms with van der Waals surface area (Å²) in [7, 11) is 0. The van der Waals surface area contributed by atoms with Gasteiger partial charge in [-0.15, -0.1) is 0 Å². The van der Waals surface area contributed by atoms with E-state index in [0.29, 0.717) is 35.3 Å². The lowest BCUT2D eigenvalue weighted by molar-refractivity contribution is 0.0709. The number of hydrogen-bond donors (Lipinski definition) is 0. The van der Waals surface area contributed by atoms with Gasteiger partial charge in [0.2, 0.25) is 18.5 Å². The van der Waals surface area contributed by atoms with Gasteiger partial charge in [-0.25, -0.2) is 0 Å². The molecule has 142 valence electrons. The zero-order valence-corrected chi connectivity index (χ0v) is 15.4. The van der Waals surface area contributed by atoms with Crippen LogP contribution >= 0.6 is 0 Å². The van der Waals surface area contributed by atoms with Crippen LogP contribution in [0.4, 0.5) is 0 Å². The van der Waals surface area contributed by atoms with Gasteiger partial charge in [-0.3, -0.25) is 4.79 Å². The Balaban J connectivity index is 1.40. The highest BCUT2D eigenvalue weighted by molar-refractivity contribution is 5.95. The largest absolute Gasteiger partial charge is 0.454 e. The lowest BCUT2D eigenvalue weighted by Crippen LogP contribution is -2.30. The number of hydrogen-bond acceptors (Lipinski definition) is 6. The summed E-state index contributed by atoms with van der Waals surface area (Å²) in [5, 5.41) is 4.13. The lowest BCUT2D eigenvalue weighted by Gasteiger charge is -2.22. The number of aromatic nitrogens is 2. The van der Waals surface area contributed by atoms with Crippen LogP contribution in [0.15, 0.2) is 47.0 Å². The summed E-state index contributed by atoms with van der Waals surface area (Å²) in [5.41, 5.74) is 2.60. The van der Waals surface area contributed by atoms with Crippen molar-refractivity contribution in [3.8, 4) is 22.9 Å². The Bertz CT molecular complexity index is 1050. The molecule has 3 aromatic rings. The maximum absolute atomic E-state index is 13.1. The van der Waals surface area contributed by atoms with Gasteiger partial charge < -0.3 is 18.9 Å². The van der Waals surface area contributed by atoms with Crippen molar-refractivity contribution in [1.82, 2.24) is 15.0 Å². The van der Waals surface area contributed by atoms with Crippen LogP contribution in [-0.2, 0) is 0 Å². The second kappa shape index (κ2) is 6.67. The highest BCUT2D eigenvalue weighted by Gasteiger charge is 2.35. The minimum absolute atomic E-state index is 0.0731. The van der Waals surface area contributed by atoms with E-state index in [2.05, 4.69) is 10.1 Å². The number of ether oxygens (including phenoxy) is 2. The van der Waals surface area contributed by atoms with Gasteiger partial charge in [0, 0.05) is 17.7 Å². The van der Waals surface area contributed by atoms with Gasteiger partial charge >= 0.3 is 0 Å². The number of benzene rings is 2. The minimum Gasteiger partial charge on any atom is -0.454 e. The summed E-state index contributed by atoms with van der Waals surface area (Å²) in [6.45, 7) is 2.86. The lowest BCUT2D eigenvalue weighted by atomic mass is 10.1. The van der Waals surface area contributed by atoms with Crippen LogP contribution in [0.1, 0.15) is 40.7 Å². The molecule has 0 saturated carbocycles. The number of fused-ring (bicyclic) bond motifs is 1. The molecule has 0 unspecified atom stereocenters. The molecule has 5 rings (SSSR count). The van der Waals surface area contributed by atoms with Crippen LogP contribution in [-0.4, -0.2) is 34.3 Å². The zero-order chi connectivity index (χ0) is 19.1. The van der Waals surface area contributed by atoms with E-state index < -0.39 is 0 Å². The number of carbonyl (C=O) groups excluding carboxylic acids is 1. The average molecular weight is 377 g/mol. The van der Waals surface area contributed by atoms with E-state index in [1.165, 1.54) is 0 Å². The molecule has 1 fully saturated rings. The van der Waals surface area contributed by atoms with Crippen LogP contribution < -0.4 is 9.47 Å². The normalized spacial score (nSPS) is 17.9.